The third-order valence-corrected chi connectivity index (χ3v) is 26.4. The summed E-state index contributed by atoms with van der Waals surface area (Å²) in [6.45, 7) is 23.6. The van der Waals surface area contributed by atoms with Gasteiger partial charge in [0.05, 0.1) is 16.1 Å². The quantitative estimate of drug-likeness (QED) is 0.265. The van der Waals surface area contributed by atoms with Crippen molar-refractivity contribution in [1.82, 2.24) is 0 Å². The molecule has 2 aromatic rings. The molecule has 0 aliphatic carbocycles. The van der Waals surface area contributed by atoms with Crippen molar-refractivity contribution in [1.29, 1.82) is 0 Å². The topological polar surface area (TPSA) is 34.1 Å². The fraction of sp³-hybridized carbons (Fsp3) is 0.429. The van der Waals surface area contributed by atoms with Crippen molar-refractivity contribution < 1.29 is 9.59 Å². The summed E-state index contributed by atoms with van der Waals surface area (Å²) in [5, 5.41) is 0.468. The van der Waals surface area contributed by atoms with Crippen LogP contribution in [0.15, 0.2) is 47.6 Å². The molecule has 2 aliphatic heterocycles. The lowest BCUT2D eigenvalue weighted by Crippen LogP contribution is -2.47. The Morgan fingerprint density at radius 2 is 0.917 bits per heavy atom. The van der Waals surface area contributed by atoms with Crippen molar-refractivity contribution in [3.8, 4) is 0 Å². The highest BCUT2D eigenvalue weighted by Crippen LogP contribution is 2.47. The molecule has 0 amide bonds. The van der Waals surface area contributed by atoms with E-state index < -0.39 is 16.1 Å². The Morgan fingerprint density at radius 3 is 1.22 bits per heavy atom. The maximum Gasteiger partial charge on any atom is 0.224 e. The van der Waals surface area contributed by atoms with E-state index in [0.717, 1.165) is 19.6 Å². The van der Waals surface area contributed by atoms with Gasteiger partial charge in [-0.05, 0) is 66.9 Å². The number of thioether (sulfide) groups is 2. The third-order valence-electron chi connectivity index (χ3n) is 8.37. The van der Waals surface area contributed by atoms with E-state index in [0.29, 0.717) is 11.1 Å². The van der Waals surface area contributed by atoms with Crippen molar-refractivity contribution in [2.24, 2.45) is 0 Å². The van der Waals surface area contributed by atoms with E-state index in [2.05, 4.69) is 92.0 Å². The standard InChI is InChI=1S/C28H36O2S4Si2/c1-27(2,3)35(7,8)23-13-11-19(31-23)21-15-17(25(29)33-21)18-16-22(34-26(18)30)20-12-14-24(32-20)36(9,10)28(4,5)6/h11-16H,1-10H3/b18-17-. The maximum atomic E-state index is 13.0. The van der Waals surface area contributed by atoms with Crippen molar-refractivity contribution >= 4 is 91.4 Å². The second-order valence-electron chi connectivity index (χ2n) is 12.7. The molecule has 0 atom stereocenters. The maximum absolute atomic E-state index is 13.0. The smallest absolute Gasteiger partial charge is 0.224 e. The predicted octanol–water partition coefficient (Wildman–Crippen LogP) is 8.47. The van der Waals surface area contributed by atoms with Gasteiger partial charge in [0.25, 0.3) is 0 Å². The monoisotopic (exact) mass is 588 g/mol. The molecule has 8 heteroatoms. The van der Waals surface area contributed by atoms with Crippen LogP contribution < -0.4 is 9.00 Å². The summed E-state index contributed by atoms with van der Waals surface area (Å²) in [6, 6.07) is 8.81. The Kier molecular flexibility index (Phi) is 7.32. The predicted molar refractivity (Wildman–Crippen MR) is 170 cm³/mol. The van der Waals surface area contributed by atoms with Crippen LogP contribution in [0.2, 0.25) is 36.3 Å². The van der Waals surface area contributed by atoms with Gasteiger partial charge in [0.15, 0.2) is 0 Å². The number of carbonyl (C=O) groups excluding carboxylic acids is 2. The van der Waals surface area contributed by atoms with Crippen LogP contribution in [0.5, 0.6) is 0 Å². The number of allylic oxidation sites excluding steroid dienone is 2. The molecule has 36 heavy (non-hydrogen) atoms. The molecule has 2 aliphatic rings. The average molecular weight is 589 g/mol. The highest BCUT2D eigenvalue weighted by atomic mass is 32.2. The number of carbonyl (C=O) groups is 2. The Morgan fingerprint density at radius 1 is 0.583 bits per heavy atom. The Bertz CT molecular complexity index is 1240. The van der Waals surface area contributed by atoms with Gasteiger partial charge in [-0.15, -0.1) is 22.7 Å². The highest BCUT2D eigenvalue weighted by molar-refractivity contribution is 8.23. The lowest BCUT2D eigenvalue weighted by atomic mass is 10.1. The summed E-state index contributed by atoms with van der Waals surface area (Å²) >= 11 is 6.15. The molecule has 0 radical (unpaired) electrons. The fourth-order valence-electron chi connectivity index (χ4n) is 3.72. The SMILES string of the molecule is CC(C)(C)[Si](C)(C)c1ccc(C2=C/C(=C3\C=C(c4ccc([Si](C)(C)C(C)(C)C)s4)SC3=O)C(=O)S2)s1. The number of hydrogen-bond acceptors (Lipinski definition) is 6. The Hall–Kier alpha value is -0.906. The normalized spacial score (nSPS) is 19.8. The van der Waals surface area contributed by atoms with E-state index >= 15 is 0 Å². The van der Waals surface area contributed by atoms with Gasteiger partial charge in [0, 0.05) is 30.7 Å². The molecule has 0 aromatic carbocycles. The molecule has 4 rings (SSSR count). The lowest BCUT2D eigenvalue weighted by molar-refractivity contribution is -0.109. The molecule has 2 nitrogen and oxygen atoms in total. The summed E-state index contributed by atoms with van der Waals surface area (Å²) in [4.78, 5) is 30.2. The minimum absolute atomic E-state index is 0.0260. The first-order chi connectivity index (χ1) is 16.4. The molecule has 2 aromatic heterocycles. The number of rotatable bonds is 4. The molecule has 0 saturated heterocycles. The van der Waals surface area contributed by atoms with E-state index in [9.17, 15) is 9.59 Å². The van der Waals surface area contributed by atoms with Crippen LogP contribution in [0.4, 0.5) is 0 Å². The van der Waals surface area contributed by atoms with Crippen LogP contribution in [0.25, 0.3) is 9.81 Å². The van der Waals surface area contributed by atoms with E-state index in [4.69, 9.17) is 0 Å². The lowest BCUT2D eigenvalue weighted by Gasteiger charge is -2.35. The largest absolute Gasteiger partial charge is 0.281 e. The molecule has 0 spiro atoms. The highest BCUT2D eigenvalue weighted by Gasteiger charge is 2.40. The zero-order valence-corrected chi connectivity index (χ0v) is 28.2. The molecule has 0 bridgehead atoms. The van der Waals surface area contributed by atoms with Gasteiger partial charge in [0.2, 0.25) is 10.2 Å². The van der Waals surface area contributed by atoms with E-state index in [1.807, 2.05) is 34.8 Å². The van der Waals surface area contributed by atoms with Gasteiger partial charge in [-0.3, -0.25) is 9.59 Å². The van der Waals surface area contributed by atoms with Crippen molar-refractivity contribution in [3.63, 3.8) is 0 Å². The minimum Gasteiger partial charge on any atom is -0.281 e. The Balaban J connectivity index is 1.66. The third kappa shape index (κ3) is 4.94. The summed E-state index contributed by atoms with van der Waals surface area (Å²) < 4.78 is 2.90. The molecule has 0 N–H and O–H groups in total. The first kappa shape index (κ1) is 28.1. The van der Waals surface area contributed by atoms with Gasteiger partial charge in [0.1, 0.15) is 0 Å². The second-order valence-corrected chi connectivity index (χ2v) is 28.2. The van der Waals surface area contributed by atoms with Gasteiger partial charge in [-0.2, -0.15) is 0 Å². The minimum atomic E-state index is -1.63. The van der Waals surface area contributed by atoms with Gasteiger partial charge < -0.3 is 0 Å². The molecule has 0 fully saturated rings. The zero-order valence-electron chi connectivity index (χ0n) is 22.9. The van der Waals surface area contributed by atoms with Crippen LogP contribution >= 0.6 is 46.2 Å². The van der Waals surface area contributed by atoms with Crippen LogP contribution in [-0.2, 0) is 9.59 Å². The van der Waals surface area contributed by atoms with Crippen molar-refractivity contribution in [2.45, 2.75) is 77.8 Å². The van der Waals surface area contributed by atoms with Gasteiger partial charge in [-0.25, -0.2) is 0 Å². The molecular formula is C28H36O2S4Si2. The average Bonchev–Trinajstić information content (AvgIpc) is 3.52. The summed E-state index contributed by atoms with van der Waals surface area (Å²) in [7, 11) is -3.26. The molecule has 4 heterocycles. The van der Waals surface area contributed by atoms with Crippen LogP contribution in [0, 0.1) is 0 Å². The number of hydrogen-bond donors (Lipinski definition) is 0. The van der Waals surface area contributed by atoms with Crippen LogP contribution in [0.3, 0.4) is 0 Å². The summed E-state index contributed by atoms with van der Waals surface area (Å²) in [5.74, 6) is 0. The van der Waals surface area contributed by atoms with Gasteiger partial charge in [-0.1, -0.05) is 79.9 Å². The number of thiophene rings is 2. The molecule has 192 valence electrons. The zero-order chi connectivity index (χ0) is 26.8. The van der Waals surface area contributed by atoms with E-state index in [1.54, 1.807) is 0 Å². The van der Waals surface area contributed by atoms with Crippen molar-refractivity contribution in [3.05, 3.63) is 57.3 Å². The molecule has 0 saturated carbocycles. The van der Waals surface area contributed by atoms with E-state index in [1.165, 1.54) is 32.5 Å². The van der Waals surface area contributed by atoms with Crippen molar-refractivity contribution in [2.75, 3.05) is 0 Å². The second kappa shape index (κ2) is 9.38. The summed E-state index contributed by atoms with van der Waals surface area (Å²) in [6.07, 6.45) is 3.88. The summed E-state index contributed by atoms with van der Waals surface area (Å²) in [5.41, 5.74) is 1.09. The Labute approximate surface area is 234 Å². The van der Waals surface area contributed by atoms with E-state index in [-0.39, 0.29) is 20.3 Å². The van der Waals surface area contributed by atoms with Crippen LogP contribution in [-0.4, -0.2) is 26.4 Å². The fourth-order valence-corrected chi connectivity index (χ4v) is 14.2. The molecule has 0 unspecified atom stereocenters. The van der Waals surface area contributed by atoms with Crippen LogP contribution in [0.1, 0.15) is 51.3 Å². The first-order valence-corrected chi connectivity index (χ1v) is 21.5. The molecular weight excluding hydrogens is 553 g/mol. The first-order valence-electron chi connectivity index (χ1n) is 12.3. The van der Waals surface area contributed by atoms with Gasteiger partial charge >= 0.3 is 0 Å².